The Hall–Kier alpha value is -2.54. The number of hydrazone groups is 1. The van der Waals surface area contributed by atoms with E-state index >= 15 is 0 Å². The average molecular weight is 407 g/mol. The molecule has 2 rings (SSSR count). The summed E-state index contributed by atoms with van der Waals surface area (Å²) in [6.07, 6.45) is 1.71. The molecule has 0 aliphatic rings. The predicted molar refractivity (Wildman–Crippen MR) is 99.7 cm³/mol. The van der Waals surface area contributed by atoms with Crippen LogP contribution in [-0.2, 0) is 11.2 Å². The number of nitrogens with zero attached hydrogens (tertiary/aromatic N) is 1. The van der Waals surface area contributed by atoms with Crippen LogP contribution in [0.2, 0.25) is 0 Å². The lowest BCUT2D eigenvalue weighted by molar-refractivity contribution is -0.120. The van der Waals surface area contributed by atoms with Gasteiger partial charge >= 0.3 is 0 Å². The highest BCUT2D eigenvalue weighted by Crippen LogP contribution is 2.27. The van der Waals surface area contributed by atoms with Crippen molar-refractivity contribution in [2.45, 2.75) is 6.42 Å². The van der Waals surface area contributed by atoms with Gasteiger partial charge in [0.1, 0.15) is 5.75 Å². The second-order valence-electron chi connectivity index (χ2n) is 5.05. The molecule has 2 aromatic carbocycles. The molecule has 0 bridgehead atoms. The highest BCUT2D eigenvalue weighted by molar-refractivity contribution is 9.10. The first-order chi connectivity index (χ1) is 12.1. The maximum Gasteiger partial charge on any atom is 0.244 e. The van der Waals surface area contributed by atoms with Gasteiger partial charge in [0.2, 0.25) is 5.91 Å². The summed E-state index contributed by atoms with van der Waals surface area (Å²) in [5.41, 5.74) is 4.05. The van der Waals surface area contributed by atoms with Crippen LogP contribution < -0.4 is 19.6 Å². The minimum absolute atomic E-state index is 0.174. The predicted octanol–water partition coefficient (Wildman–Crippen LogP) is 3.17. The molecule has 25 heavy (non-hydrogen) atoms. The number of carbonyl (C=O) groups is 1. The average Bonchev–Trinajstić information content (AvgIpc) is 2.61. The van der Waals surface area contributed by atoms with Crippen molar-refractivity contribution in [3.8, 4) is 17.2 Å². The summed E-state index contributed by atoms with van der Waals surface area (Å²) in [7, 11) is 4.70. The molecule has 0 spiro atoms. The third-order valence-electron chi connectivity index (χ3n) is 3.40. The summed E-state index contributed by atoms with van der Waals surface area (Å²) < 4.78 is 16.6. The van der Waals surface area contributed by atoms with E-state index in [0.717, 1.165) is 15.6 Å². The molecule has 1 amide bonds. The number of carbonyl (C=O) groups excluding carboxylic acids is 1. The van der Waals surface area contributed by atoms with E-state index in [9.17, 15) is 4.79 Å². The monoisotopic (exact) mass is 406 g/mol. The molecule has 0 aliphatic heterocycles. The summed E-state index contributed by atoms with van der Waals surface area (Å²) >= 11 is 3.39. The fourth-order valence-corrected chi connectivity index (χ4v) is 2.57. The number of hydrogen-bond donors (Lipinski definition) is 1. The SMILES string of the molecule is COc1ccc(Br)cc1/C=N\NC(=O)Cc1ccc(OC)c(OC)c1. The van der Waals surface area contributed by atoms with Crippen LogP contribution in [-0.4, -0.2) is 33.5 Å². The second-order valence-corrected chi connectivity index (χ2v) is 5.96. The highest BCUT2D eigenvalue weighted by atomic mass is 79.9. The van der Waals surface area contributed by atoms with Gasteiger partial charge in [-0.3, -0.25) is 4.79 Å². The first-order valence-electron chi connectivity index (χ1n) is 7.43. The molecule has 2 aromatic rings. The molecular formula is C18H19BrN2O4. The fraction of sp³-hybridized carbons (Fsp3) is 0.222. The van der Waals surface area contributed by atoms with Crippen molar-refractivity contribution >= 4 is 28.1 Å². The van der Waals surface area contributed by atoms with E-state index in [0.29, 0.717) is 17.2 Å². The van der Waals surface area contributed by atoms with E-state index in [2.05, 4.69) is 26.5 Å². The molecule has 0 saturated heterocycles. The third kappa shape index (κ3) is 5.22. The Kier molecular flexibility index (Phi) is 6.82. The van der Waals surface area contributed by atoms with Gasteiger partial charge in [0.15, 0.2) is 11.5 Å². The van der Waals surface area contributed by atoms with Gasteiger partial charge in [-0.05, 0) is 35.9 Å². The van der Waals surface area contributed by atoms with Crippen molar-refractivity contribution < 1.29 is 19.0 Å². The molecule has 0 saturated carbocycles. The van der Waals surface area contributed by atoms with Gasteiger partial charge in [-0.25, -0.2) is 5.43 Å². The summed E-state index contributed by atoms with van der Waals surface area (Å²) in [5.74, 6) is 1.63. The minimum atomic E-state index is -0.238. The van der Waals surface area contributed by atoms with Crippen molar-refractivity contribution in [2.24, 2.45) is 5.10 Å². The van der Waals surface area contributed by atoms with Crippen LogP contribution in [0, 0.1) is 0 Å². The van der Waals surface area contributed by atoms with Gasteiger partial charge in [-0.15, -0.1) is 0 Å². The fourth-order valence-electron chi connectivity index (χ4n) is 2.20. The number of hydrogen-bond acceptors (Lipinski definition) is 5. The zero-order valence-electron chi connectivity index (χ0n) is 14.2. The maximum atomic E-state index is 12.0. The van der Waals surface area contributed by atoms with Crippen molar-refractivity contribution in [1.29, 1.82) is 0 Å². The van der Waals surface area contributed by atoms with Gasteiger partial charge in [-0.1, -0.05) is 22.0 Å². The number of rotatable bonds is 7. The Morgan fingerprint density at radius 2 is 1.72 bits per heavy atom. The van der Waals surface area contributed by atoms with Crippen LogP contribution in [0.1, 0.15) is 11.1 Å². The largest absolute Gasteiger partial charge is 0.496 e. The molecule has 0 aromatic heterocycles. The Labute approximate surface area is 154 Å². The van der Waals surface area contributed by atoms with E-state index in [-0.39, 0.29) is 12.3 Å². The van der Waals surface area contributed by atoms with Crippen LogP contribution in [0.3, 0.4) is 0 Å². The number of methoxy groups -OCH3 is 3. The summed E-state index contributed by atoms with van der Waals surface area (Å²) in [6.45, 7) is 0. The smallest absolute Gasteiger partial charge is 0.244 e. The molecule has 0 aliphatic carbocycles. The van der Waals surface area contributed by atoms with Crippen molar-refractivity contribution in [1.82, 2.24) is 5.43 Å². The topological polar surface area (TPSA) is 69.2 Å². The Morgan fingerprint density at radius 1 is 1.04 bits per heavy atom. The first kappa shape index (κ1) is 18.8. The molecule has 1 N–H and O–H groups in total. The van der Waals surface area contributed by atoms with E-state index in [1.165, 1.54) is 6.21 Å². The van der Waals surface area contributed by atoms with Crippen LogP contribution in [0.15, 0.2) is 46.0 Å². The number of halogens is 1. The molecule has 132 valence electrons. The molecule has 6 nitrogen and oxygen atoms in total. The van der Waals surface area contributed by atoms with E-state index in [1.54, 1.807) is 33.5 Å². The molecule has 0 unspecified atom stereocenters. The lowest BCUT2D eigenvalue weighted by atomic mass is 10.1. The van der Waals surface area contributed by atoms with Crippen molar-refractivity contribution in [3.63, 3.8) is 0 Å². The van der Waals surface area contributed by atoms with Gasteiger partial charge in [0.05, 0.1) is 34.0 Å². The van der Waals surface area contributed by atoms with Crippen LogP contribution in [0.5, 0.6) is 17.2 Å². The van der Waals surface area contributed by atoms with E-state index in [1.807, 2.05) is 24.3 Å². The number of nitrogens with one attached hydrogen (secondary N) is 1. The lowest BCUT2D eigenvalue weighted by Crippen LogP contribution is -2.19. The molecule has 0 heterocycles. The normalized spacial score (nSPS) is 10.6. The molecule has 0 atom stereocenters. The van der Waals surface area contributed by atoms with Crippen LogP contribution >= 0.6 is 15.9 Å². The van der Waals surface area contributed by atoms with E-state index in [4.69, 9.17) is 14.2 Å². The van der Waals surface area contributed by atoms with Crippen LogP contribution in [0.4, 0.5) is 0 Å². The molecule has 0 fully saturated rings. The highest BCUT2D eigenvalue weighted by Gasteiger charge is 2.08. The summed E-state index contributed by atoms with van der Waals surface area (Å²) in [4.78, 5) is 12.0. The molecule has 7 heteroatoms. The Balaban J connectivity index is 2.00. The molecular weight excluding hydrogens is 388 g/mol. The quantitative estimate of drug-likeness (QED) is 0.566. The van der Waals surface area contributed by atoms with Crippen LogP contribution in [0.25, 0.3) is 0 Å². The molecule has 0 radical (unpaired) electrons. The summed E-state index contributed by atoms with van der Waals surface area (Å²) in [6, 6.07) is 10.9. The second kappa shape index (κ2) is 9.08. The van der Waals surface area contributed by atoms with Gasteiger partial charge in [0, 0.05) is 10.0 Å². The minimum Gasteiger partial charge on any atom is -0.496 e. The Morgan fingerprint density at radius 3 is 2.40 bits per heavy atom. The number of benzene rings is 2. The first-order valence-corrected chi connectivity index (χ1v) is 8.23. The number of ether oxygens (including phenoxy) is 3. The standard InChI is InChI=1S/C18H19BrN2O4/c1-23-15-7-5-14(19)10-13(15)11-20-21-18(22)9-12-4-6-16(24-2)17(8-12)25-3/h4-8,10-11H,9H2,1-3H3,(H,21,22)/b20-11-. The van der Waals surface area contributed by atoms with Crippen molar-refractivity contribution in [2.75, 3.05) is 21.3 Å². The third-order valence-corrected chi connectivity index (χ3v) is 3.89. The van der Waals surface area contributed by atoms with Gasteiger partial charge in [-0.2, -0.15) is 5.10 Å². The number of amides is 1. The zero-order chi connectivity index (χ0) is 18.2. The van der Waals surface area contributed by atoms with E-state index < -0.39 is 0 Å². The summed E-state index contributed by atoms with van der Waals surface area (Å²) in [5, 5.41) is 3.98. The Bertz CT molecular complexity index is 778. The van der Waals surface area contributed by atoms with Gasteiger partial charge in [0.25, 0.3) is 0 Å². The van der Waals surface area contributed by atoms with Gasteiger partial charge < -0.3 is 14.2 Å². The lowest BCUT2D eigenvalue weighted by Gasteiger charge is -2.09. The zero-order valence-corrected chi connectivity index (χ0v) is 15.8. The van der Waals surface area contributed by atoms with Crippen molar-refractivity contribution in [3.05, 3.63) is 52.0 Å². The maximum absolute atomic E-state index is 12.0.